The molecule has 2 aromatic heterocycles. The number of carbonyl (C=O) groups is 1. The van der Waals surface area contributed by atoms with E-state index in [1.807, 2.05) is 13.8 Å². The zero-order valence-corrected chi connectivity index (χ0v) is 14.3. The Kier molecular flexibility index (Phi) is 4.78. The van der Waals surface area contributed by atoms with Crippen LogP contribution >= 0.6 is 0 Å². The van der Waals surface area contributed by atoms with Gasteiger partial charge in [-0.25, -0.2) is 9.50 Å². The van der Waals surface area contributed by atoms with Crippen molar-refractivity contribution in [3.05, 3.63) is 64.1 Å². The maximum Gasteiger partial charge on any atom is 0.293 e. The van der Waals surface area contributed by atoms with E-state index in [0.717, 1.165) is 5.69 Å². The molecule has 3 rings (SSSR count). The first-order chi connectivity index (χ1) is 12.5. The van der Waals surface area contributed by atoms with Crippen LogP contribution in [0, 0.1) is 10.1 Å². The van der Waals surface area contributed by atoms with Crippen molar-refractivity contribution in [3.8, 4) is 0 Å². The third kappa shape index (κ3) is 3.61. The van der Waals surface area contributed by atoms with Gasteiger partial charge in [0.2, 0.25) is 0 Å². The normalized spacial score (nSPS) is 10.9. The maximum atomic E-state index is 12.1. The van der Waals surface area contributed by atoms with Gasteiger partial charge < -0.3 is 10.6 Å². The summed E-state index contributed by atoms with van der Waals surface area (Å²) in [5.74, 6) is -0.345. The van der Waals surface area contributed by atoms with E-state index in [0.29, 0.717) is 17.9 Å². The Morgan fingerprint density at radius 3 is 2.81 bits per heavy atom. The van der Waals surface area contributed by atoms with E-state index >= 15 is 0 Å². The summed E-state index contributed by atoms with van der Waals surface area (Å²) in [4.78, 5) is 27.1. The number of anilines is 1. The van der Waals surface area contributed by atoms with Crippen molar-refractivity contribution in [2.75, 3.05) is 5.32 Å². The molecule has 0 saturated carbocycles. The van der Waals surface area contributed by atoms with E-state index in [-0.39, 0.29) is 23.2 Å². The number of aromatic nitrogens is 3. The van der Waals surface area contributed by atoms with Crippen LogP contribution in [0.4, 0.5) is 11.4 Å². The fourth-order valence-electron chi connectivity index (χ4n) is 2.52. The molecule has 9 nitrogen and oxygen atoms in total. The third-order valence-corrected chi connectivity index (χ3v) is 3.70. The van der Waals surface area contributed by atoms with Crippen LogP contribution in [-0.2, 0) is 6.54 Å². The molecule has 9 heteroatoms. The first-order valence-corrected chi connectivity index (χ1v) is 8.06. The number of fused-ring (bicyclic) bond motifs is 1. The van der Waals surface area contributed by atoms with Crippen LogP contribution in [0.2, 0.25) is 0 Å². The summed E-state index contributed by atoms with van der Waals surface area (Å²) < 4.78 is 1.66. The van der Waals surface area contributed by atoms with Gasteiger partial charge in [0.1, 0.15) is 5.69 Å². The molecule has 0 aliphatic rings. The predicted octanol–water partition coefficient (Wildman–Crippen LogP) is 2.39. The molecule has 0 radical (unpaired) electrons. The van der Waals surface area contributed by atoms with Gasteiger partial charge in [-0.2, -0.15) is 5.10 Å². The van der Waals surface area contributed by atoms with Crippen molar-refractivity contribution in [3.63, 3.8) is 0 Å². The lowest BCUT2D eigenvalue weighted by Crippen LogP contribution is -2.30. The number of hydrogen-bond donors (Lipinski definition) is 2. The smallest absolute Gasteiger partial charge is 0.293 e. The van der Waals surface area contributed by atoms with E-state index < -0.39 is 4.92 Å². The Bertz CT molecular complexity index is 966. The average Bonchev–Trinajstić information content (AvgIpc) is 3.08. The summed E-state index contributed by atoms with van der Waals surface area (Å²) in [6.07, 6.45) is 3.29. The van der Waals surface area contributed by atoms with Gasteiger partial charge in [0.05, 0.1) is 23.4 Å². The summed E-state index contributed by atoms with van der Waals surface area (Å²) >= 11 is 0. The van der Waals surface area contributed by atoms with Gasteiger partial charge in [-0.15, -0.1) is 0 Å². The fraction of sp³-hybridized carbons (Fsp3) is 0.235. The zero-order valence-electron chi connectivity index (χ0n) is 14.3. The van der Waals surface area contributed by atoms with Gasteiger partial charge in [0.15, 0.2) is 5.65 Å². The molecule has 0 atom stereocenters. The molecule has 1 amide bonds. The molecule has 3 aromatic rings. The number of nitrogens with zero attached hydrogens (tertiary/aromatic N) is 4. The molecule has 0 spiro atoms. The number of nitrogens with one attached hydrogen (secondary N) is 2. The van der Waals surface area contributed by atoms with Crippen molar-refractivity contribution in [1.29, 1.82) is 0 Å². The van der Waals surface area contributed by atoms with Gasteiger partial charge in [-0.05, 0) is 32.0 Å². The van der Waals surface area contributed by atoms with Crippen LogP contribution in [0.1, 0.15) is 29.9 Å². The summed E-state index contributed by atoms with van der Waals surface area (Å²) in [6.45, 7) is 3.97. The minimum atomic E-state index is -0.509. The molecule has 2 heterocycles. The largest absolute Gasteiger partial charge is 0.374 e. The maximum absolute atomic E-state index is 12.1. The van der Waals surface area contributed by atoms with Crippen LogP contribution in [0.15, 0.2) is 42.7 Å². The SMILES string of the molecule is CC(C)NC(=O)c1ccc(NCc2ccnc3ccnn23)c([N+](=O)[O-])c1. The molecule has 0 bridgehead atoms. The highest BCUT2D eigenvalue weighted by Gasteiger charge is 2.18. The Morgan fingerprint density at radius 2 is 2.08 bits per heavy atom. The first-order valence-electron chi connectivity index (χ1n) is 8.06. The number of rotatable bonds is 6. The van der Waals surface area contributed by atoms with Crippen molar-refractivity contribution in [2.45, 2.75) is 26.4 Å². The molecule has 0 aliphatic carbocycles. The van der Waals surface area contributed by atoms with E-state index in [4.69, 9.17) is 0 Å². The second kappa shape index (κ2) is 7.18. The van der Waals surface area contributed by atoms with Crippen molar-refractivity contribution < 1.29 is 9.72 Å². The lowest BCUT2D eigenvalue weighted by atomic mass is 10.1. The van der Waals surface area contributed by atoms with Gasteiger partial charge in [-0.1, -0.05) is 0 Å². The lowest BCUT2D eigenvalue weighted by Gasteiger charge is -2.11. The Morgan fingerprint density at radius 1 is 1.27 bits per heavy atom. The molecule has 0 aliphatic heterocycles. The quantitative estimate of drug-likeness (QED) is 0.519. The number of hydrogen-bond acceptors (Lipinski definition) is 6. The number of nitro benzene ring substituents is 1. The molecule has 0 fully saturated rings. The summed E-state index contributed by atoms with van der Waals surface area (Å²) in [5.41, 5.74) is 1.91. The first kappa shape index (κ1) is 17.3. The molecule has 2 N–H and O–H groups in total. The van der Waals surface area contributed by atoms with Crippen LogP contribution in [0.5, 0.6) is 0 Å². The Labute approximate surface area is 149 Å². The molecule has 26 heavy (non-hydrogen) atoms. The molecule has 0 unspecified atom stereocenters. The monoisotopic (exact) mass is 354 g/mol. The van der Waals surface area contributed by atoms with Crippen molar-refractivity contribution in [2.24, 2.45) is 0 Å². The van der Waals surface area contributed by atoms with E-state index in [1.165, 1.54) is 12.1 Å². The molecule has 134 valence electrons. The second-order valence-corrected chi connectivity index (χ2v) is 6.01. The molecule has 1 aromatic carbocycles. The standard InChI is InChI=1S/C17H18N6O3/c1-11(2)21-17(24)12-3-4-14(15(9-12)23(25)26)19-10-13-5-7-18-16-6-8-20-22(13)16/h3-9,11,19H,10H2,1-2H3,(H,21,24). The summed E-state index contributed by atoms with van der Waals surface area (Å²) in [6, 6.07) is 7.87. The second-order valence-electron chi connectivity index (χ2n) is 6.01. The number of nitro groups is 1. The highest BCUT2D eigenvalue weighted by Crippen LogP contribution is 2.26. The predicted molar refractivity (Wildman–Crippen MR) is 96.0 cm³/mol. The Hall–Kier alpha value is -3.49. The molecular formula is C17H18N6O3. The van der Waals surface area contributed by atoms with Crippen LogP contribution < -0.4 is 10.6 Å². The summed E-state index contributed by atoms with van der Waals surface area (Å²) in [5, 5.41) is 21.3. The van der Waals surface area contributed by atoms with Gasteiger partial charge in [-0.3, -0.25) is 14.9 Å². The number of carbonyl (C=O) groups excluding carboxylic acids is 1. The van der Waals surface area contributed by atoms with Gasteiger partial charge in [0.25, 0.3) is 11.6 Å². The molecule has 0 saturated heterocycles. The highest BCUT2D eigenvalue weighted by molar-refractivity contribution is 5.95. The van der Waals surface area contributed by atoms with Gasteiger partial charge in [0, 0.05) is 29.9 Å². The zero-order chi connectivity index (χ0) is 18.7. The Balaban J connectivity index is 1.84. The fourth-order valence-corrected chi connectivity index (χ4v) is 2.52. The van der Waals surface area contributed by atoms with E-state index in [2.05, 4.69) is 20.7 Å². The summed E-state index contributed by atoms with van der Waals surface area (Å²) in [7, 11) is 0. The minimum Gasteiger partial charge on any atom is -0.374 e. The highest BCUT2D eigenvalue weighted by atomic mass is 16.6. The topological polar surface area (TPSA) is 114 Å². The van der Waals surface area contributed by atoms with Crippen LogP contribution in [0.25, 0.3) is 5.65 Å². The number of amides is 1. The van der Waals surface area contributed by atoms with Crippen molar-refractivity contribution in [1.82, 2.24) is 19.9 Å². The van der Waals surface area contributed by atoms with E-state index in [9.17, 15) is 14.9 Å². The third-order valence-electron chi connectivity index (χ3n) is 3.70. The van der Waals surface area contributed by atoms with Crippen LogP contribution in [0.3, 0.4) is 0 Å². The van der Waals surface area contributed by atoms with Gasteiger partial charge >= 0.3 is 0 Å². The molecular weight excluding hydrogens is 336 g/mol. The van der Waals surface area contributed by atoms with Crippen molar-refractivity contribution >= 4 is 22.9 Å². The lowest BCUT2D eigenvalue weighted by molar-refractivity contribution is -0.384. The van der Waals surface area contributed by atoms with Crippen LogP contribution in [-0.4, -0.2) is 31.5 Å². The van der Waals surface area contributed by atoms with E-state index in [1.54, 1.807) is 35.1 Å². The minimum absolute atomic E-state index is 0.0532. The number of benzene rings is 1. The average molecular weight is 354 g/mol.